The molecule has 0 aliphatic heterocycles. The van der Waals surface area contributed by atoms with E-state index in [4.69, 9.17) is 5.73 Å². The maximum absolute atomic E-state index is 11.8. The van der Waals surface area contributed by atoms with E-state index in [-0.39, 0.29) is 5.91 Å². The van der Waals surface area contributed by atoms with Gasteiger partial charge in [0.1, 0.15) is 6.04 Å². The monoisotopic (exact) mass is 304 g/mol. The van der Waals surface area contributed by atoms with Gasteiger partial charge in [0.15, 0.2) is 0 Å². The number of alkyl carbamates (subject to hydrolysis) is 2. The number of carbonyl (C=O) groups excluding carboxylic acids is 3. The van der Waals surface area contributed by atoms with Gasteiger partial charge in [0, 0.05) is 19.6 Å². The highest BCUT2D eigenvalue weighted by molar-refractivity contribution is 5.85. The molecule has 122 valence electrons. The fourth-order valence-electron chi connectivity index (χ4n) is 1.52. The number of methoxy groups -OCH3 is 2. The Balaban J connectivity index is 4.12. The fourth-order valence-corrected chi connectivity index (χ4v) is 1.52. The van der Waals surface area contributed by atoms with Gasteiger partial charge in [0.2, 0.25) is 5.91 Å². The molecule has 1 unspecified atom stereocenters. The standard InChI is InChI=1S/C12H24N4O5/c1-20-11(18)15-7-4-3-5-9(16-12(19)21-2)10(17)14-8-6-13/h9H,3-8,13H2,1-2H3,(H,14,17)(H,15,18)(H,16,19). The van der Waals surface area contributed by atoms with E-state index in [0.29, 0.717) is 38.9 Å². The van der Waals surface area contributed by atoms with Gasteiger partial charge in [-0.3, -0.25) is 4.79 Å². The number of nitrogens with two attached hydrogens (primary N) is 1. The average Bonchev–Trinajstić information content (AvgIpc) is 2.50. The molecule has 0 bridgehead atoms. The number of nitrogens with one attached hydrogen (secondary N) is 3. The second-order valence-electron chi connectivity index (χ2n) is 4.18. The Hall–Kier alpha value is -2.03. The number of amides is 3. The molecule has 0 saturated heterocycles. The van der Waals surface area contributed by atoms with Crippen LogP contribution in [0.2, 0.25) is 0 Å². The molecular formula is C12H24N4O5. The number of carbonyl (C=O) groups is 3. The van der Waals surface area contributed by atoms with Gasteiger partial charge in [0.25, 0.3) is 0 Å². The maximum Gasteiger partial charge on any atom is 0.407 e. The van der Waals surface area contributed by atoms with Crippen molar-refractivity contribution in [1.29, 1.82) is 0 Å². The van der Waals surface area contributed by atoms with Gasteiger partial charge in [-0.15, -0.1) is 0 Å². The molecule has 0 aliphatic rings. The third kappa shape index (κ3) is 9.50. The summed E-state index contributed by atoms with van der Waals surface area (Å²) in [5.41, 5.74) is 5.31. The molecular weight excluding hydrogens is 280 g/mol. The Morgan fingerprint density at radius 1 is 1.00 bits per heavy atom. The van der Waals surface area contributed by atoms with E-state index in [0.717, 1.165) is 0 Å². The van der Waals surface area contributed by atoms with Gasteiger partial charge in [-0.25, -0.2) is 9.59 Å². The first kappa shape index (κ1) is 19.0. The summed E-state index contributed by atoms with van der Waals surface area (Å²) in [5, 5.41) is 7.60. The summed E-state index contributed by atoms with van der Waals surface area (Å²) in [6.07, 6.45) is 0.539. The van der Waals surface area contributed by atoms with Crippen LogP contribution in [-0.4, -0.2) is 58.0 Å². The molecule has 3 amide bonds. The van der Waals surface area contributed by atoms with Crippen molar-refractivity contribution in [2.24, 2.45) is 5.73 Å². The lowest BCUT2D eigenvalue weighted by atomic mass is 10.1. The zero-order valence-corrected chi connectivity index (χ0v) is 12.4. The minimum atomic E-state index is -0.692. The van der Waals surface area contributed by atoms with Crippen molar-refractivity contribution >= 4 is 18.1 Å². The Morgan fingerprint density at radius 3 is 2.24 bits per heavy atom. The van der Waals surface area contributed by atoms with Crippen molar-refractivity contribution in [3.05, 3.63) is 0 Å². The molecule has 0 rings (SSSR count). The first-order chi connectivity index (χ1) is 10.0. The molecule has 9 heteroatoms. The average molecular weight is 304 g/mol. The Morgan fingerprint density at radius 2 is 1.67 bits per heavy atom. The van der Waals surface area contributed by atoms with E-state index in [1.165, 1.54) is 14.2 Å². The highest BCUT2D eigenvalue weighted by Gasteiger charge is 2.20. The van der Waals surface area contributed by atoms with Crippen LogP contribution in [0.1, 0.15) is 19.3 Å². The van der Waals surface area contributed by atoms with Crippen LogP contribution in [0, 0.1) is 0 Å². The second-order valence-corrected chi connectivity index (χ2v) is 4.18. The van der Waals surface area contributed by atoms with Crippen LogP contribution in [0.15, 0.2) is 0 Å². The normalized spacial score (nSPS) is 11.2. The summed E-state index contributed by atoms with van der Waals surface area (Å²) < 4.78 is 8.91. The van der Waals surface area contributed by atoms with Gasteiger partial charge in [-0.2, -0.15) is 0 Å². The number of unbranched alkanes of at least 4 members (excludes halogenated alkanes) is 1. The largest absolute Gasteiger partial charge is 0.453 e. The smallest absolute Gasteiger partial charge is 0.407 e. The quantitative estimate of drug-likeness (QED) is 0.417. The van der Waals surface area contributed by atoms with E-state index >= 15 is 0 Å². The van der Waals surface area contributed by atoms with E-state index in [2.05, 4.69) is 25.4 Å². The summed E-state index contributed by atoms with van der Waals surface area (Å²) in [4.78, 5) is 33.9. The van der Waals surface area contributed by atoms with Crippen molar-refractivity contribution in [2.45, 2.75) is 25.3 Å². The first-order valence-corrected chi connectivity index (χ1v) is 6.69. The predicted molar refractivity (Wildman–Crippen MR) is 75.7 cm³/mol. The van der Waals surface area contributed by atoms with E-state index in [1.54, 1.807) is 0 Å². The molecule has 0 fully saturated rings. The van der Waals surface area contributed by atoms with Crippen molar-refractivity contribution < 1.29 is 23.9 Å². The number of hydrogen-bond acceptors (Lipinski definition) is 6. The van der Waals surface area contributed by atoms with Crippen LogP contribution in [0.5, 0.6) is 0 Å². The highest BCUT2D eigenvalue weighted by Crippen LogP contribution is 2.02. The van der Waals surface area contributed by atoms with Gasteiger partial charge in [-0.05, 0) is 19.3 Å². The fraction of sp³-hybridized carbons (Fsp3) is 0.750. The van der Waals surface area contributed by atoms with Gasteiger partial charge in [-0.1, -0.05) is 0 Å². The molecule has 1 atom stereocenters. The lowest BCUT2D eigenvalue weighted by Gasteiger charge is -2.17. The minimum absolute atomic E-state index is 0.313. The maximum atomic E-state index is 11.8. The molecule has 0 spiro atoms. The van der Waals surface area contributed by atoms with Crippen molar-refractivity contribution in [1.82, 2.24) is 16.0 Å². The minimum Gasteiger partial charge on any atom is -0.453 e. The molecule has 5 N–H and O–H groups in total. The lowest BCUT2D eigenvalue weighted by molar-refractivity contribution is -0.123. The molecule has 0 aromatic carbocycles. The van der Waals surface area contributed by atoms with Gasteiger partial charge in [0.05, 0.1) is 14.2 Å². The second kappa shape index (κ2) is 11.8. The van der Waals surface area contributed by atoms with Crippen molar-refractivity contribution in [2.75, 3.05) is 33.9 Å². The molecule has 21 heavy (non-hydrogen) atoms. The van der Waals surface area contributed by atoms with Gasteiger partial charge < -0.3 is 31.2 Å². The van der Waals surface area contributed by atoms with Crippen LogP contribution >= 0.6 is 0 Å². The van der Waals surface area contributed by atoms with Crippen LogP contribution in [-0.2, 0) is 14.3 Å². The molecule has 0 radical (unpaired) electrons. The van der Waals surface area contributed by atoms with E-state index < -0.39 is 18.2 Å². The van der Waals surface area contributed by atoms with Crippen molar-refractivity contribution in [3.63, 3.8) is 0 Å². The van der Waals surface area contributed by atoms with E-state index in [9.17, 15) is 14.4 Å². The van der Waals surface area contributed by atoms with Crippen molar-refractivity contribution in [3.8, 4) is 0 Å². The van der Waals surface area contributed by atoms with Crippen LogP contribution in [0.3, 0.4) is 0 Å². The SMILES string of the molecule is COC(=O)NCCCCC(NC(=O)OC)C(=O)NCCN. The molecule has 0 saturated carbocycles. The molecule has 0 aromatic heterocycles. The summed E-state index contributed by atoms with van der Waals surface area (Å²) in [7, 11) is 2.51. The van der Waals surface area contributed by atoms with Crippen LogP contribution < -0.4 is 21.7 Å². The Bertz CT molecular complexity index is 338. The van der Waals surface area contributed by atoms with Crippen LogP contribution in [0.25, 0.3) is 0 Å². The first-order valence-electron chi connectivity index (χ1n) is 6.69. The molecule has 0 heterocycles. The Labute approximate surface area is 123 Å². The zero-order valence-electron chi connectivity index (χ0n) is 12.4. The molecule has 9 nitrogen and oxygen atoms in total. The van der Waals surface area contributed by atoms with Gasteiger partial charge >= 0.3 is 12.2 Å². The summed E-state index contributed by atoms with van der Waals surface area (Å²) in [6, 6.07) is -0.692. The summed E-state index contributed by atoms with van der Waals surface area (Å²) in [6.45, 7) is 1.09. The molecule has 0 aliphatic carbocycles. The summed E-state index contributed by atoms with van der Waals surface area (Å²) in [5.74, 6) is -0.313. The highest BCUT2D eigenvalue weighted by atomic mass is 16.5. The Kier molecular flexibility index (Phi) is 10.6. The number of rotatable bonds is 9. The molecule has 0 aromatic rings. The topological polar surface area (TPSA) is 132 Å². The van der Waals surface area contributed by atoms with Crippen LogP contribution in [0.4, 0.5) is 9.59 Å². The zero-order chi connectivity index (χ0) is 16.1. The lowest BCUT2D eigenvalue weighted by Crippen LogP contribution is -2.47. The number of hydrogen-bond donors (Lipinski definition) is 4. The third-order valence-electron chi connectivity index (χ3n) is 2.61. The predicted octanol–water partition coefficient (Wildman–Crippen LogP) is -0.688. The summed E-state index contributed by atoms with van der Waals surface area (Å²) >= 11 is 0. The third-order valence-corrected chi connectivity index (χ3v) is 2.61. The number of ether oxygens (including phenoxy) is 2. The van der Waals surface area contributed by atoms with E-state index in [1.807, 2.05) is 0 Å².